The maximum atomic E-state index is 5.42. The van der Waals surface area contributed by atoms with Crippen molar-refractivity contribution >= 4 is 134 Å². The Kier molecular flexibility index (Phi) is 23.5. The van der Waals surface area contributed by atoms with Gasteiger partial charge in [0, 0.05) is 58.5 Å². The molecule has 11 rings (SSSR count). The first-order chi connectivity index (χ1) is 41.5. The first-order valence-corrected chi connectivity index (χ1v) is 40.3. The lowest BCUT2D eigenvalue weighted by Gasteiger charge is -2.03. The number of benzene rings is 1. The van der Waals surface area contributed by atoms with Gasteiger partial charge < -0.3 is 0 Å². The van der Waals surface area contributed by atoms with E-state index in [9.17, 15) is 0 Å². The van der Waals surface area contributed by atoms with Crippen molar-refractivity contribution in [2.24, 2.45) is 0 Å². The summed E-state index contributed by atoms with van der Waals surface area (Å²) in [7, 11) is 0. The number of rotatable bonds is 36. The molecule has 0 atom stereocenters. The van der Waals surface area contributed by atoms with Gasteiger partial charge in [0.15, 0.2) is 0 Å². The van der Waals surface area contributed by atoms with Crippen LogP contribution in [0, 0.1) is 0 Å². The molecule has 0 unspecified atom stereocenters. The molecule has 0 aliphatic heterocycles. The van der Waals surface area contributed by atoms with E-state index in [0.29, 0.717) is 0 Å². The van der Waals surface area contributed by atoms with E-state index in [1.165, 1.54) is 267 Å². The Hall–Kier alpha value is -3.40. The number of hydrogen-bond acceptors (Lipinski definition) is 12. The normalized spacial score (nSPS) is 12.0. The maximum absolute atomic E-state index is 5.42. The van der Waals surface area contributed by atoms with E-state index in [-0.39, 0.29) is 0 Å². The molecule has 0 saturated heterocycles. The zero-order valence-corrected chi connectivity index (χ0v) is 58.2. The van der Waals surface area contributed by atoms with Crippen molar-refractivity contribution in [3.63, 3.8) is 0 Å². The predicted molar refractivity (Wildman–Crippen MR) is 388 cm³/mol. The minimum absolute atomic E-state index is 1.09. The lowest BCUT2D eigenvalue weighted by atomic mass is 10.0. The van der Waals surface area contributed by atoms with E-state index in [0.717, 1.165) is 33.9 Å². The van der Waals surface area contributed by atoms with Crippen molar-refractivity contribution in [3.8, 4) is 78.3 Å². The fraction of sp³-hybridized carbons (Fsp3) is 0.444. The smallest absolute Gasteiger partial charge is 0.134 e. The number of hydrogen-bond donors (Lipinski definition) is 0. The molecular weight excluding hydrogens is 1210 g/mol. The molecular formula is C72H84N2S10. The Morgan fingerprint density at radius 1 is 0.262 bits per heavy atom. The Morgan fingerprint density at radius 3 is 0.905 bits per heavy atom. The molecule has 0 radical (unpaired) electrons. The van der Waals surface area contributed by atoms with Gasteiger partial charge in [0.2, 0.25) is 0 Å². The van der Waals surface area contributed by atoms with Crippen molar-refractivity contribution in [1.82, 2.24) is 9.97 Å². The largest absolute Gasteiger partial charge is 0.235 e. The molecule has 0 fully saturated rings. The quantitative estimate of drug-likeness (QED) is 0.0366. The van der Waals surface area contributed by atoms with Crippen LogP contribution in [0.25, 0.3) is 98.7 Å². The lowest BCUT2D eigenvalue weighted by Crippen LogP contribution is -1.86. The average Bonchev–Trinajstić information content (AvgIpc) is 3.14. The fourth-order valence-electron chi connectivity index (χ4n) is 11.7. The highest BCUT2D eigenvalue weighted by Gasteiger charge is 2.22. The minimum atomic E-state index is 1.09. The molecule has 0 aliphatic rings. The van der Waals surface area contributed by atoms with Gasteiger partial charge in [0.05, 0.1) is 30.2 Å². The number of unbranched alkanes of at least 4 members (excludes halogenated alkanes) is 20. The van der Waals surface area contributed by atoms with E-state index < -0.39 is 0 Å². The molecule has 1 aromatic carbocycles. The molecule has 0 spiro atoms. The Labute approximate surface area is 542 Å². The highest BCUT2D eigenvalue weighted by molar-refractivity contribution is 7.32. The summed E-state index contributed by atoms with van der Waals surface area (Å²) in [4.78, 5) is 30.4. The van der Waals surface area contributed by atoms with Crippen LogP contribution in [0.5, 0.6) is 0 Å². The summed E-state index contributed by atoms with van der Waals surface area (Å²) in [5.41, 5.74) is 8.22. The summed E-state index contributed by atoms with van der Waals surface area (Å²) < 4.78 is 2.45. The Morgan fingerprint density at radius 2 is 0.560 bits per heavy atom. The zero-order chi connectivity index (χ0) is 57.5. The highest BCUT2D eigenvalue weighted by atomic mass is 32.1. The van der Waals surface area contributed by atoms with Crippen molar-refractivity contribution in [3.05, 3.63) is 118 Å². The number of aromatic nitrogens is 2. The van der Waals surface area contributed by atoms with Crippen LogP contribution < -0.4 is 0 Å². The third-order valence-electron chi connectivity index (χ3n) is 16.4. The third-order valence-corrected chi connectivity index (χ3v) is 28.5. The molecule has 2 nitrogen and oxygen atoms in total. The first-order valence-electron chi connectivity index (χ1n) is 32.0. The summed E-state index contributed by atoms with van der Waals surface area (Å²) in [5.74, 6) is 0. The molecule has 0 N–H and O–H groups in total. The van der Waals surface area contributed by atoms with E-state index >= 15 is 0 Å². The number of thiophene rings is 8. The van der Waals surface area contributed by atoms with Gasteiger partial charge in [0.1, 0.15) is 10.0 Å². The predicted octanol–water partition coefficient (Wildman–Crippen LogP) is 28.3. The number of aryl methyl sites for hydroxylation is 4. The third kappa shape index (κ3) is 15.9. The summed E-state index contributed by atoms with van der Waals surface area (Å²) in [6.07, 6.45) is 36.4. The van der Waals surface area contributed by atoms with Crippen molar-refractivity contribution < 1.29 is 0 Å². The van der Waals surface area contributed by atoms with E-state index in [4.69, 9.17) is 9.97 Å². The fourth-order valence-corrected chi connectivity index (χ4v) is 22.9. The standard InChI is InChI=1S/C72H84N2S10/c1-5-9-13-17-21-25-29-49-41-43-75-67(49)59-37-33-55(77-59)57-35-39-61(79-57)69-51(31-27-23-19-15-11-7-3)45-65(81-69)71-73-53-47-64-54(48-63(53)83-71)74-72(84-64)66-46-52(32-28-24-20-16-12-8-4)70(82-66)62-40-36-58(80-62)56-34-38-60(78-56)68-50(42-44-76-68)30-26-22-18-14-10-6-2/h33-48H,5-32H2,1-4H3. The number of fused-ring (bicyclic) bond motifs is 2. The van der Waals surface area contributed by atoms with Gasteiger partial charge in [-0.2, -0.15) is 0 Å². The minimum Gasteiger partial charge on any atom is -0.235 e. The molecule has 11 aromatic rings. The van der Waals surface area contributed by atoms with Crippen LogP contribution in [-0.4, -0.2) is 9.97 Å². The molecule has 12 heteroatoms. The van der Waals surface area contributed by atoms with Gasteiger partial charge in [-0.1, -0.05) is 156 Å². The van der Waals surface area contributed by atoms with Crippen LogP contribution in [-0.2, 0) is 25.7 Å². The molecule has 0 saturated carbocycles. The van der Waals surface area contributed by atoms with Gasteiger partial charge >= 0.3 is 0 Å². The van der Waals surface area contributed by atoms with Crippen molar-refractivity contribution in [2.75, 3.05) is 0 Å². The zero-order valence-electron chi connectivity index (χ0n) is 50.0. The van der Waals surface area contributed by atoms with Crippen LogP contribution in [0.1, 0.15) is 204 Å². The first kappa shape index (κ1) is 62.2. The Bertz CT molecular complexity index is 3460. The van der Waals surface area contributed by atoms with Gasteiger partial charge in [-0.25, -0.2) is 9.97 Å². The second kappa shape index (κ2) is 31.7. The van der Waals surface area contributed by atoms with E-state index in [1.807, 2.05) is 113 Å². The van der Waals surface area contributed by atoms with Gasteiger partial charge in [-0.3, -0.25) is 0 Å². The van der Waals surface area contributed by atoms with Gasteiger partial charge in [-0.05, 0) is 169 Å². The molecule has 442 valence electrons. The lowest BCUT2D eigenvalue weighted by molar-refractivity contribution is 0.608. The van der Waals surface area contributed by atoms with E-state index in [2.05, 4.69) is 123 Å². The highest BCUT2D eigenvalue weighted by Crippen LogP contribution is 2.50. The summed E-state index contributed by atoms with van der Waals surface area (Å²) in [5, 5.41) is 6.87. The number of nitrogens with zero attached hydrogens (tertiary/aromatic N) is 2. The molecule has 0 amide bonds. The Balaban J connectivity index is 0.814. The molecule has 0 aliphatic carbocycles. The second-order valence-corrected chi connectivity index (χ2v) is 33.4. The summed E-state index contributed by atoms with van der Waals surface area (Å²) in [6.45, 7) is 9.23. The van der Waals surface area contributed by atoms with Crippen LogP contribution in [0.4, 0.5) is 0 Å². The monoisotopic (exact) mass is 1300 g/mol. The summed E-state index contributed by atoms with van der Waals surface area (Å²) in [6, 6.07) is 33.4. The second-order valence-electron chi connectivity index (χ2n) is 23.0. The molecule has 10 heterocycles. The molecule has 0 bridgehead atoms. The average molecular weight is 1300 g/mol. The molecule has 84 heavy (non-hydrogen) atoms. The van der Waals surface area contributed by atoms with Crippen LogP contribution in [0.15, 0.2) is 95.7 Å². The maximum Gasteiger partial charge on any atom is 0.134 e. The summed E-state index contributed by atoms with van der Waals surface area (Å²) >= 11 is 19.3. The molecule has 10 aromatic heterocycles. The van der Waals surface area contributed by atoms with Crippen molar-refractivity contribution in [2.45, 2.75) is 207 Å². The number of thiazole rings is 2. The SMILES string of the molecule is CCCCCCCCc1ccsc1-c1ccc(-c2ccc(-c3sc(-c4nc5cc6sc(-c7cc(CCCCCCCC)c(-c8ccc(-c9ccc(-c%10sccc%10CCCCCCCC)s9)s8)s7)nc6cc5s4)cc3CCCCCCCC)s2)s1. The van der Waals surface area contributed by atoms with E-state index in [1.54, 1.807) is 0 Å². The van der Waals surface area contributed by atoms with Gasteiger partial charge in [0.25, 0.3) is 0 Å². The van der Waals surface area contributed by atoms with Crippen LogP contribution in [0.2, 0.25) is 0 Å². The van der Waals surface area contributed by atoms with Gasteiger partial charge in [-0.15, -0.1) is 113 Å². The topological polar surface area (TPSA) is 25.8 Å². The van der Waals surface area contributed by atoms with Crippen LogP contribution >= 0.6 is 113 Å². The van der Waals surface area contributed by atoms with Crippen LogP contribution in [0.3, 0.4) is 0 Å². The van der Waals surface area contributed by atoms with Crippen molar-refractivity contribution in [1.29, 1.82) is 0 Å².